The lowest BCUT2D eigenvalue weighted by Gasteiger charge is -2.30. The standard InChI is InChI=1S/C15H26N4O/c1-11(2)18(12(3)4)9-7-16-14-15(20)19(10-8-17-14)13-5-6-13/h8,10-13H,5-7,9H2,1-4H3,(H,16,17). The van der Waals surface area contributed by atoms with E-state index in [0.29, 0.717) is 23.9 Å². The van der Waals surface area contributed by atoms with E-state index in [9.17, 15) is 4.79 Å². The van der Waals surface area contributed by atoms with Crippen LogP contribution >= 0.6 is 0 Å². The molecule has 0 amide bonds. The van der Waals surface area contributed by atoms with Crippen LogP contribution in [0.4, 0.5) is 5.82 Å². The Balaban J connectivity index is 1.94. The molecule has 0 saturated heterocycles. The first-order valence-corrected chi connectivity index (χ1v) is 7.57. The first-order chi connectivity index (χ1) is 9.50. The Labute approximate surface area is 121 Å². The van der Waals surface area contributed by atoms with Gasteiger partial charge >= 0.3 is 0 Å². The van der Waals surface area contributed by atoms with Crippen LogP contribution in [0.1, 0.15) is 46.6 Å². The number of hydrogen-bond acceptors (Lipinski definition) is 4. The molecule has 1 aromatic rings. The van der Waals surface area contributed by atoms with Gasteiger partial charge < -0.3 is 9.88 Å². The van der Waals surface area contributed by atoms with E-state index < -0.39 is 0 Å². The third kappa shape index (κ3) is 3.60. The molecule has 1 aliphatic carbocycles. The SMILES string of the molecule is CC(C)N(CCNc1nccn(C2CC2)c1=O)C(C)C. The Morgan fingerprint density at radius 2 is 2.00 bits per heavy atom. The Morgan fingerprint density at radius 1 is 1.35 bits per heavy atom. The second-order valence-corrected chi connectivity index (χ2v) is 6.07. The molecule has 1 aliphatic rings. The summed E-state index contributed by atoms with van der Waals surface area (Å²) in [6.07, 6.45) is 5.72. The first kappa shape index (κ1) is 15.0. The maximum atomic E-state index is 12.2. The van der Waals surface area contributed by atoms with Crippen LogP contribution in [0.25, 0.3) is 0 Å². The van der Waals surface area contributed by atoms with Crippen LogP contribution in [-0.4, -0.2) is 39.6 Å². The lowest BCUT2D eigenvalue weighted by Crippen LogP contribution is -2.40. The van der Waals surface area contributed by atoms with E-state index in [1.807, 2.05) is 0 Å². The molecular weight excluding hydrogens is 252 g/mol. The Kier molecular flexibility index (Phi) is 4.81. The summed E-state index contributed by atoms with van der Waals surface area (Å²) in [6, 6.07) is 1.40. The lowest BCUT2D eigenvalue weighted by molar-refractivity contribution is 0.182. The van der Waals surface area contributed by atoms with Gasteiger partial charge in [-0.3, -0.25) is 9.69 Å². The molecule has 0 spiro atoms. The summed E-state index contributed by atoms with van der Waals surface area (Å²) >= 11 is 0. The molecular formula is C15H26N4O. The van der Waals surface area contributed by atoms with Crippen LogP contribution in [0.5, 0.6) is 0 Å². The maximum absolute atomic E-state index is 12.2. The van der Waals surface area contributed by atoms with Gasteiger partial charge in [0.25, 0.3) is 5.56 Å². The molecule has 5 nitrogen and oxygen atoms in total. The van der Waals surface area contributed by atoms with Gasteiger partial charge in [-0.2, -0.15) is 0 Å². The van der Waals surface area contributed by atoms with Crippen molar-refractivity contribution in [2.24, 2.45) is 0 Å². The van der Waals surface area contributed by atoms with Crippen molar-refractivity contribution in [3.63, 3.8) is 0 Å². The lowest BCUT2D eigenvalue weighted by atomic mass is 10.2. The van der Waals surface area contributed by atoms with Crippen LogP contribution in [0.2, 0.25) is 0 Å². The molecule has 112 valence electrons. The quantitative estimate of drug-likeness (QED) is 0.830. The molecule has 0 aliphatic heterocycles. The van der Waals surface area contributed by atoms with Crippen LogP contribution in [0.15, 0.2) is 17.2 Å². The molecule has 1 saturated carbocycles. The fraction of sp³-hybridized carbons (Fsp3) is 0.733. The molecule has 0 radical (unpaired) electrons. The highest BCUT2D eigenvalue weighted by atomic mass is 16.1. The zero-order chi connectivity index (χ0) is 14.7. The van der Waals surface area contributed by atoms with Crippen molar-refractivity contribution in [3.05, 3.63) is 22.7 Å². The van der Waals surface area contributed by atoms with Crippen molar-refractivity contribution in [2.75, 3.05) is 18.4 Å². The van der Waals surface area contributed by atoms with Crippen LogP contribution in [0, 0.1) is 0 Å². The van der Waals surface area contributed by atoms with Gasteiger partial charge in [-0.05, 0) is 40.5 Å². The van der Waals surface area contributed by atoms with Crippen molar-refractivity contribution >= 4 is 5.82 Å². The first-order valence-electron chi connectivity index (χ1n) is 7.57. The summed E-state index contributed by atoms with van der Waals surface area (Å²) in [6.45, 7) is 10.4. The van der Waals surface area contributed by atoms with Crippen LogP contribution < -0.4 is 10.9 Å². The number of hydrogen-bond donors (Lipinski definition) is 1. The third-order valence-electron chi connectivity index (χ3n) is 3.80. The molecule has 0 aromatic carbocycles. The molecule has 1 fully saturated rings. The number of nitrogens with one attached hydrogen (secondary N) is 1. The maximum Gasteiger partial charge on any atom is 0.293 e. The van der Waals surface area contributed by atoms with E-state index in [1.54, 1.807) is 17.0 Å². The molecule has 20 heavy (non-hydrogen) atoms. The average molecular weight is 278 g/mol. The summed E-state index contributed by atoms with van der Waals surface area (Å²) in [5.41, 5.74) is 0.00986. The van der Waals surface area contributed by atoms with Gasteiger partial charge in [0.2, 0.25) is 0 Å². The zero-order valence-corrected chi connectivity index (χ0v) is 13.0. The van der Waals surface area contributed by atoms with Gasteiger partial charge in [0.05, 0.1) is 0 Å². The van der Waals surface area contributed by atoms with Gasteiger partial charge in [-0.15, -0.1) is 0 Å². The molecule has 5 heteroatoms. The van der Waals surface area contributed by atoms with Gasteiger partial charge in [0.15, 0.2) is 5.82 Å². The third-order valence-corrected chi connectivity index (χ3v) is 3.80. The number of aromatic nitrogens is 2. The molecule has 2 rings (SSSR count). The van der Waals surface area contributed by atoms with Crippen molar-refractivity contribution in [1.29, 1.82) is 0 Å². The predicted octanol–water partition coefficient (Wildman–Crippen LogP) is 2.11. The highest BCUT2D eigenvalue weighted by molar-refractivity contribution is 5.31. The van der Waals surface area contributed by atoms with Crippen molar-refractivity contribution in [2.45, 2.75) is 58.7 Å². The summed E-state index contributed by atoms with van der Waals surface area (Å²) in [5.74, 6) is 0.479. The fourth-order valence-corrected chi connectivity index (χ4v) is 2.60. The van der Waals surface area contributed by atoms with E-state index in [2.05, 4.69) is 42.9 Å². The number of nitrogens with zero attached hydrogens (tertiary/aromatic N) is 3. The van der Waals surface area contributed by atoms with E-state index >= 15 is 0 Å². The fourth-order valence-electron chi connectivity index (χ4n) is 2.60. The van der Waals surface area contributed by atoms with Gasteiger partial charge in [0.1, 0.15) is 0 Å². The predicted molar refractivity (Wildman–Crippen MR) is 82.2 cm³/mol. The molecule has 1 N–H and O–H groups in total. The highest BCUT2D eigenvalue weighted by Gasteiger charge is 2.25. The Hall–Kier alpha value is -1.36. The molecule has 1 aromatic heterocycles. The number of rotatable bonds is 7. The Morgan fingerprint density at radius 3 is 2.55 bits per heavy atom. The van der Waals surface area contributed by atoms with Crippen molar-refractivity contribution in [3.8, 4) is 0 Å². The molecule has 0 atom stereocenters. The minimum absolute atomic E-state index is 0.00986. The van der Waals surface area contributed by atoms with E-state index in [-0.39, 0.29) is 5.56 Å². The normalized spacial score (nSPS) is 15.3. The van der Waals surface area contributed by atoms with Crippen LogP contribution in [0.3, 0.4) is 0 Å². The minimum Gasteiger partial charge on any atom is -0.364 e. The largest absolute Gasteiger partial charge is 0.364 e. The molecule has 0 unspecified atom stereocenters. The van der Waals surface area contributed by atoms with E-state index in [1.165, 1.54) is 0 Å². The summed E-state index contributed by atoms with van der Waals surface area (Å²) in [7, 11) is 0. The minimum atomic E-state index is 0.00986. The molecule has 1 heterocycles. The summed E-state index contributed by atoms with van der Waals surface area (Å²) < 4.78 is 1.80. The van der Waals surface area contributed by atoms with Gasteiger partial charge in [0, 0.05) is 43.6 Å². The second-order valence-electron chi connectivity index (χ2n) is 6.07. The Bertz CT molecular complexity index is 483. The monoisotopic (exact) mass is 278 g/mol. The topological polar surface area (TPSA) is 50.2 Å². The summed E-state index contributed by atoms with van der Waals surface area (Å²) in [4.78, 5) is 18.8. The second kappa shape index (κ2) is 6.39. The van der Waals surface area contributed by atoms with Crippen molar-refractivity contribution in [1.82, 2.24) is 14.5 Å². The average Bonchev–Trinajstić information content (AvgIpc) is 3.19. The van der Waals surface area contributed by atoms with Crippen LogP contribution in [-0.2, 0) is 0 Å². The van der Waals surface area contributed by atoms with Gasteiger partial charge in [-0.25, -0.2) is 4.98 Å². The number of anilines is 1. The zero-order valence-electron chi connectivity index (χ0n) is 13.0. The van der Waals surface area contributed by atoms with E-state index in [4.69, 9.17) is 0 Å². The summed E-state index contributed by atoms with van der Waals surface area (Å²) in [5, 5.41) is 3.19. The van der Waals surface area contributed by atoms with E-state index in [0.717, 1.165) is 25.9 Å². The van der Waals surface area contributed by atoms with Crippen molar-refractivity contribution < 1.29 is 0 Å². The van der Waals surface area contributed by atoms with Gasteiger partial charge in [-0.1, -0.05) is 0 Å². The molecule has 0 bridgehead atoms. The smallest absolute Gasteiger partial charge is 0.293 e. The highest BCUT2D eigenvalue weighted by Crippen LogP contribution is 2.33.